The molecular formula is C14H15FN6. The summed E-state index contributed by atoms with van der Waals surface area (Å²) in [7, 11) is 0. The molecule has 0 aliphatic rings. The van der Waals surface area contributed by atoms with Crippen molar-refractivity contribution in [3.05, 3.63) is 42.1 Å². The first-order valence-corrected chi connectivity index (χ1v) is 6.62. The van der Waals surface area contributed by atoms with Crippen LogP contribution in [0.15, 0.2) is 30.5 Å². The van der Waals surface area contributed by atoms with Crippen molar-refractivity contribution in [1.29, 1.82) is 0 Å². The maximum absolute atomic E-state index is 13.9. The van der Waals surface area contributed by atoms with Crippen LogP contribution in [-0.2, 0) is 0 Å². The van der Waals surface area contributed by atoms with E-state index >= 15 is 0 Å². The fourth-order valence-corrected chi connectivity index (χ4v) is 2.14. The normalized spacial score (nSPS) is 11.0. The van der Waals surface area contributed by atoms with Crippen LogP contribution in [-0.4, -0.2) is 32.8 Å². The summed E-state index contributed by atoms with van der Waals surface area (Å²) in [4.78, 5) is 8.72. The number of para-hydroxylation sites is 1. The highest BCUT2D eigenvalue weighted by atomic mass is 19.1. The molecule has 108 valence electrons. The van der Waals surface area contributed by atoms with Crippen LogP contribution in [0, 0.1) is 12.7 Å². The number of anilines is 1. The van der Waals surface area contributed by atoms with E-state index in [2.05, 4.69) is 20.4 Å². The predicted octanol–water partition coefficient (Wildman–Crippen LogP) is 1.63. The van der Waals surface area contributed by atoms with Gasteiger partial charge in [0.15, 0.2) is 5.65 Å². The van der Waals surface area contributed by atoms with Crippen molar-refractivity contribution in [2.24, 2.45) is 5.73 Å². The number of hydrogen-bond acceptors (Lipinski definition) is 5. The molecule has 0 aliphatic carbocycles. The van der Waals surface area contributed by atoms with Gasteiger partial charge in [-0.15, -0.1) is 0 Å². The van der Waals surface area contributed by atoms with Gasteiger partial charge in [-0.3, -0.25) is 0 Å². The van der Waals surface area contributed by atoms with Crippen molar-refractivity contribution in [1.82, 2.24) is 19.7 Å². The van der Waals surface area contributed by atoms with Gasteiger partial charge in [-0.05, 0) is 19.1 Å². The first kappa shape index (κ1) is 13.4. The Labute approximate surface area is 120 Å². The number of rotatable bonds is 4. The largest absolute Gasteiger partial charge is 0.368 e. The second-order valence-electron chi connectivity index (χ2n) is 4.58. The molecule has 2 heterocycles. The molecule has 3 N–H and O–H groups in total. The summed E-state index contributed by atoms with van der Waals surface area (Å²) in [6.45, 7) is 2.87. The Morgan fingerprint density at radius 2 is 2.10 bits per heavy atom. The summed E-state index contributed by atoms with van der Waals surface area (Å²) in [5.41, 5.74) is 6.42. The molecule has 0 unspecified atom stereocenters. The van der Waals surface area contributed by atoms with Crippen LogP contribution in [0.3, 0.4) is 0 Å². The molecule has 3 rings (SSSR count). The first-order valence-electron chi connectivity index (χ1n) is 6.62. The minimum atomic E-state index is -0.352. The number of nitrogens with one attached hydrogen (secondary N) is 1. The molecule has 0 saturated heterocycles. The van der Waals surface area contributed by atoms with Crippen molar-refractivity contribution < 1.29 is 4.39 Å². The third-order valence-corrected chi connectivity index (χ3v) is 3.06. The number of nitrogens with zero attached hydrogens (tertiary/aromatic N) is 4. The molecule has 0 radical (unpaired) electrons. The zero-order valence-electron chi connectivity index (χ0n) is 11.5. The van der Waals surface area contributed by atoms with Crippen molar-refractivity contribution in [2.45, 2.75) is 6.92 Å². The Morgan fingerprint density at radius 1 is 1.29 bits per heavy atom. The van der Waals surface area contributed by atoms with E-state index in [4.69, 9.17) is 5.73 Å². The van der Waals surface area contributed by atoms with Gasteiger partial charge < -0.3 is 11.1 Å². The smallest absolute Gasteiger partial charge is 0.168 e. The zero-order valence-corrected chi connectivity index (χ0v) is 11.5. The van der Waals surface area contributed by atoms with E-state index in [1.54, 1.807) is 31.3 Å². The Bertz CT molecular complexity index is 782. The Balaban J connectivity index is 2.18. The van der Waals surface area contributed by atoms with E-state index in [0.717, 1.165) is 5.39 Å². The molecule has 0 bridgehead atoms. The molecule has 0 aliphatic heterocycles. The van der Waals surface area contributed by atoms with Crippen LogP contribution >= 0.6 is 0 Å². The molecule has 0 spiro atoms. The molecule has 21 heavy (non-hydrogen) atoms. The monoisotopic (exact) mass is 286 g/mol. The Morgan fingerprint density at radius 3 is 2.86 bits per heavy atom. The Kier molecular flexibility index (Phi) is 3.49. The third-order valence-electron chi connectivity index (χ3n) is 3.06. The molecule has 2 aromatic heterocycles. The molecule has 0 atom stereocenters. The summed E-state index contributed by atoms with van der Waals surface area (Å²) in [5.74, 6) is 0.890. The predicted molar refractivity (Wildman–Crippen MR) is 78.9 cm³/mol. The number of nitrogens with two attached hydrogens (primary N) is 1. The number of fused-ring (bicyclic) bond motifs is 1. The maximum Gasteiger partial charge on any atom is 0.168 e. The van der Waals surface area contributed by atoms with E-state index < -0.39 is 0 Å². The summed E-state index contributed by atoms with van der Waals surface area (Å²) in [5, 5.41) is 8.11. The molecule has 0 saturated carbocycles. The summed E-state index contributed by atoms with van der Waals surface area (Å²) >= 11 is 0. The van der Waals surface area contributed by atoms with Crippen molar-refractivity contribution >= 4 is 16.9 Å². The van der Waals surface area contributed by atoms with Gasteiger partial charge in [-0.2, -0.15) is 5.10 Å². The molecular weight excluding hydrogens is 271 g/mol. The van der Waals surface area contributed by atoms with Crippen LogP contribution in [0.4, 0.5) is 10.2 Å². The lowest BCUT2D eigenvalue weighted by Crippen LogP contribution is -2.14. The van der Waals surface area contributed by atoms with Gasteiger partial charge in [0.05, 0.1) is 11.6 Å². The molecule has 7 heteroatoms. The van der Waals surface area contributed by atoms with E-state index in [1.807, 2.05) is 0 Å². The standard InChI is InChI=1S/C14H15FN6/c1-9-19-13(17-7-6-16)10-8-18-21(14(10)20-9)12-5-3-2-4-11(12)15/h2-5,8H,6-7,16H2,1H3,(H,17,19,20). The first-order chi connectivity index (χ1) is 10.2. The maximum atomic E-state index is 13.9. The van der Waals surface area contributed by atoms with Gasteiger partial charge >= 0.3 is 0 Å². The number of halogens is 1. The lowest BCUT2D eigenvalue weighted by atomic mass is 10.3. The topological polar surface area (TPSA) is 81.6 Å². The molecule has 0 fully saturated rings. The van der Waals surface area contributed by atoms with Crippen LogP contribution in [0.25, 0.3) is 16.7 Å². The van der Waals surface area contributed by atoms with Crippen LogP contribution in [0.5, 0.6) is 0 Å². The minimum Gasteiger partial charge on any atom is -0.368 e. The van der Waals surface area contributed by atoms with Crippen LogP contribution in [0.1, 0.15) is 5.82 Å². The van der Waals surface area contributed by atoms with Gasteiger partial charge in [-0.25, -0.2) is 19.0 Å². The molecule has 1 aromatic carbocycles. The van der Waals surface area contributed by atoms with E-state index in [-0.39, 0.29) is 5.82 Å². The lowest BCUT2D eigenvalue weighted by Gasteiger charge is -2.07. The lowest BCUT2D eigenvalue weighted by molar-refractivity contribution is 0.612. The number of benzene rings is 1. The number of hydrogen-bond donors (Lipinski definition) is 2. The second kappa shape index (κ2) is 5.45. The van der Waals surface area contributed by atoms with Gasteiger partial charge in [0, 0.05) is 13.1 Å². The van der Waals surface area contributed by atoms with E-state index in [0.29, 0.717) is 36.1 Å². The second-order valence-corrected chi connectivity index (χ2v) is 4.58. The Hall–Kier alpha value is -2.54. The quantitative estimate of drug-likeness (QED) is 0.762. The van der Waals surface area contributed by atoms with Crippen molar-refractivity contribution in [3.8, 4) is 5.69 Å². The van der Waals surface area contributed by atoms with Crippen molar-refractivity contribution in [2.75, 3.05) is 18.4 Å². The SMILES string of the molecule is Cc1nc(NCCN)c2cnn(-c3ccccc3F)c2n1. The average molecular weight is 286 g/mol. The highest BCUT2D eigenvalue weighted by Crippen LogP contribution is 2.23. The average Bonchev–Trinajstić information content (AvgIpc) is 2.89. The van der Waals surface area contributed by atoms with Crippen molar-refractivity contribution in [3.63, 3.8) is 0 Å². The van der Waals surface area contributed by atoms with Gasteiger partial charge in [0.1, 0.15) is 23.1 Å². The third kappa shape index (κ3) is 2.43. The minimum absolute atomic E-state index is 0.352. The van der Waals surface area contributed by atoms with Crippen LogP contribution < -0.4 is 11.1 Å². The zero-order chi connectivity index (χ0) is 14.8. The number of aryl methyl sites for hydroxylation is 1. The van der Waals surface area contributed by atoms with Gasteiger partial charge in [0.25, 0.3) is 0 Å². The molecule has 6 nitrogen and oxygen atoms in total. The summed E-state index contributed by atoms with van der Waals surface area (Å²) in [6, 6.07) is 6.45. The number of aromatic nitrogens is 4. The highest BCUT2D eigenvalue weighted by molar-refractivity contribution is 5.87. The van der Waals surface area contributed by atoms with Gasteiger partial charge in [-0.1, -0.05) is 12.1 Å². The molecule has 0 amide bonds. The van der Waals surface area contributed by atoms with E-state index in [1.165, 1.54) is 10.7 Å². The molecule has 3 aromatic rings. The highest BCUT2D eigenvalue weighted by Gasteiger charge is 2.14. The summed E-state index contributed by atoms with van der Waals surface area (Å²) in [6.07, 6.45) is 1.63. The summed E-state index contributed by atoms with van der Waals surface area (Å²) < 4.78 is 15.4. The fraction of sp³-hybridized carbons (Fsp3) is 0.214. The van der Waals surface area contributed by atoms with Gasteiger partial charge in [0.2, 0.25) is 0 Å². The van der Waals surface area contributed by atoms with Crippen LogP contribution in [0.2, 0.25) is 0 Å². The van der Waals surface area contributed by atoms with E-state index in [9.17, 15) is 4.39 Å². The fourth-order valence-electron chi connectivity index (χ4n) is 2.14.